The van der Waals surface area contributed by atoms with E-state index in [2.05, 4.69) is 6.07 Å². The summed E-state index contributed by atoms with van der Waals surface area (Å²) in [5.41, 5.74) is 2.14. The molecule has 1 N–H and O–H groups in total. The van der Waals surface area contributed by atoms with Gasteiger partial charge >= 0.3 is 0 Å². The van der Waals surface area contributed by atoms with E-state index >= 15 is 0 Å². The fourth-order valence-electron chi connectivity index (χ4n) is 1.41. The maximum absolute atomic E-state index is 9.47. The van der Waals surface area contributed by atoms with Crippen LogP contribution in [0.15, 0.2) is 18.2 Å². The van der Waals surface area contributed by atoms with Crippen molar-refractivity contribution in [2.45, 2.75) is 27.0 Å². The lowest BCUT2D eigenvalue weighted by atomic mass is 10.2. The third-order valence-corrected chi connectivity index (χ3v) is 2.05. The van der Waals surface area contributed by atoms with E-state index in [1.165, 1.54) is 0 Å². The summed E-state index contributed by atoms with van der Waals surface area (Å²) in [6.45, 7) is 6.61. The number of nitrogens with zero attached hydrogens (tertiary/aromatic N) is 1. The maximum atomic E-state index is 9.47. The number of aliphatic hydroxyl groups excluding tert-OH is 1. The van der Waals surface area contributed by atoms with Gasteiger partial charge in [-0.1, -0.05) is 6.07 Å². The lowest BCUT2D eigenvalue weighted by molar-refractivity contribution is 0.190. The van der Waals surface area contributed by atoms with Crippen molar-refractivity contribution >= 4 is 5.69 Å². The van der Waals surface area contributed by atoms with Gasteiger partial charge in [-0.25, -0.2) is 0 Å². The molecule has 0 bridgehead atoms. The molecule has 1 aromatic carbocycles. The van der Waals surface area contributed by atoms with Gasteiger partial charge in [0.2, 0.25) is 0 Å². The number of anilines is 1. The van der Waals surface area contributed by atoms with E-state index in [9.17, 15) is 5.11 Å². The van der Waals surface area contributed by atoms with E-state index in [-0.39, 0.29) is 0 Å². The summed E-state index contributed by atoms with van der Waals surface area (Å²) in [4.78, 5) is 1.93. The molecule has 2 nitrogen and oxygen atoms in total. The largest absolute Gasteiger partial charge is 0.374 e. The Balaban J connectivity index is 2.91. The molecule has 2 heteroatoms. The Morgan fingerprint density at radius 3 is 2.77 bits per heavy atom. The number of hydrogen-bond donors (Lipinski definition) is 1. The predicted octanol–water partition coefficient (Wildman–Crippen LogP) is 1.96. The van der Waals surface area contributed by atoms with Crippen molar-refractivity contribution in [2.75, 3.05) is 11.4 Å². The fraction of sp³-hybridized carbons (Fsp3) is 0.455. The van der Waals surface area contributed by atoms with Gasteiger partial charge in [-0.05, 0) is 44.5 Å². The molecule has 0 spiro atoms. The Kier molecular flexibility index (Phi) is 3.32. The van der Waals surface area contributed by atoms with Gasteiger partial charge in [-0.2, -0.15) is 0 Å². The van der Waals surface area contributed by atoms with Crippen molar-refractivity contribution in [2.24, 2.45) is 0 Å². The first kappa shape index (κ1) is 10.1. The first-order valence-electron chi connectivity index (χ1n) is 4.58. The van der Waals surface area contributed by atoms with Crippen molar-refractivity contribution < 1.29 is 5.11 Å². The zero-order chi connectivity index (χ0) is 9.84. The van der Waals surface area contributed by atoms with Crippen LogP contribution in [0.1, 0.15) is 19.4 Å². The smallest absolute Gasteiger partial charge is 0.124 e. The molecule has 0 amide bonds. The number of benzene rings is 1. The molecule has 0 aromatic heterocycles. The van der Waals surface area contributed by atoms with Gasteiger partial charge in [0.25, 0.3) is 0 Å². The van der Waals surface area contributed by atoms with Crippen LogP contribution in [0.2, 0.25) is 0 Å². The van der Waals surface area contributed by atoms with Gasteiger partial charge < -0.3 is 10.0 Å². The minimum absolute atomic E-state index is 0.438. The summed E-state index contributed by atoms with van der Waals surface area (Å²) in [5.74, 6) is 0. The van der Waals surface area contributed by atoms with Gasteiger partial charge in [0.1, 0.15) is 6.23 Å². The highest BCUT2D eigenvalue weighted by atomic mass is 16.3. The van der Waals surface area contributed by atoms with Gasteiger partial charge in [-0.3, -0.25) is 0 Å². The van der Waals surface area contributed by atoms with Crippen LogP contribution in [0.4, 0.5) is 5.69 Å². The average Bonchev–Trinajstić information content (AvgIpc) is 2.04. The van der Waals surface area contributed by atoms with Gasteiger partial charge in [-0.15, -0.1) is 0 Å². The third-order valence-electron chi connectivity index (χ3n) is 2.05. The maximum Gasteiger partial charge on any atom is 0.124 e. The second kappa shape index (κ2) is 4.28. The number of hydrogen-bond acceptors (Lipinski definition) is 2. The molecule has 1 atom stereocenters. The molecule has 1 aromatic rings. The van der Waals surface area contributed by atoms with Crippen molar-refractivity contribution in [3.8, 4) is 0 Å². The van der Waals surface area contributed by atoms with Crippen LogP contribution in [-0.4, -0.2) is 17.9 Å². The minimum Gasteiger partial charge on any atom is -0.374 e. The molecule has 71 valence electrons. The summed E-state index contributed by atoms with van der Waals surface area (Å²) in [6, 6.07) is 8.95. The van der Waals surface area contributed by atoms with Crippen LogP contribution in [0.3, 0.4) is 0 Å². The number of aliphatic hydroxyl groups is 1. The first-order valence-corrected chi connectivity index (χ1v) is 4.58. The van der Waals surface area contributed by atoms with Crippen molar-refractivity contribution in [3.63, 3.8) is 0 Å². The van der Waals surface area contributed by atoms with Crippen molar-refractivity contribution in [1.82, 2.24) is 0 Å². The Labute approximate surface area is 79.8 Å². The monoisotopic (exact) mass is 178 g/mol. The lowest BCUT2D eigenvalue weighted by Gasteiger charge is -2.26. The fourth-order valence-corrected chi connectivity index (χ4v) is 1.41. The van der Waals surface area contributed by atoms with Crippen LogP contribution in [0.5, 0.6) is 0 Å². The molecule has 13 heavy (non-hydrogen) atoms. The normalized spacial score (nSPS) is 12.6. The molecular formula is C11H16NO. The van der Waals surface area contributed by atoms with Gasteiger partial charge in [0.15, 0.2) is 0 Å². The van der Waals surface area contributed by atoms with Crippen LogP contribution < -0.4 is 4.90 Å². The van der Waals surface area contributed by atoms with E-state index in [0.29, 0.717) is 0 Å². The van der Waals surface area contributed by atoms with E-state index in [4.69, 9.17) is 0 Å². The predicted molar refractivity (Wildman–Crippen MR) is 54.7 cm³/mol. The highest BCUT2D eigenvalue weighted by Crippen LogP contribution is 2.16. The Bertz CT molecular complexity index is 271. The quantitative estimate of drug-likeness (QED) is 0.715. The van der Waals surface area contributed by atoms with Crippen LogP contribution in [-0.2, 0) is 0 Å². The first-order chi connectivity index (χ1) is 6.15. The summed E-state index contributed by atoms with van der Waals surface area (Å²) in [7, 11) is 0. The zero-order valence-corrected chi connectivity index (χ0v) is 8.41. The Morgan fingerprint density at radius 2 is 2.31 bits per heavy atom. The molecule has 1 unspecified atom stereocenters. The molecule has 0 heterocycles. The van der Waals surface area contributed by atoms with E-state index in [1.54, 1.807) is 6.92 Å². The van der Waals surface area contributed by atoms with Gasteiger partial charge in [0.05, 0.1) is 0 Å². The molecule has 1 rings (SSSR count). The van der Waals surface area contributed by atoms with E-state index < -0.39 is 6.23 Å². The minimum atomic E-state index is -0.438. The molecule has 1 radical (unpaired) electrons. The summed E-state index contributed by atoms with van der Waals surface area (Å²) < 4.78 is 0. The Morgan fingerprint density at radius 1 is 1.62 bits per heavy atom. The van der Waals surface area contributed by atoms with Crippen molar-refractivity contribution in [3.05, 3.63) is 29.8 Å². The lowest BCUT2D eigenvalue weighted by Crippen LogP contribution is -2.32. The van der Waals surface area contributed by atoms with E-state index in [1.807, 2.05) is 36.9 Å². The topological polar surface area (TPSA) is 23.5 Å². The SMILES string of the molecule is CCN(c1cc[c]c(C)c1)C(C)O. The van der Waals surface area contributed by atoms with Crippen LogP contribution in [0.25, 0.3) is 0 Å². The number of rotatable bonds is 3. The average molecular weight is 178 g/mol. The second-order valence-electron chi connectivity index (χ2n) is 3.15. The molecule has 0 aliphatic rings. The molecule has 0 saturated heterocycles. The van der Waals surface area contributed by atoms with Gasteiger partial charge in [0, 0.05) is 12.2 Å². The van der Waals surface area contributed by atoms with E-state index in [0.717, 1.165) is 17.8 Å². The summed E-state index contributed by atoms with van der Waals surface area (Å²) in [5, 5.41) is 9.47. The highest BCUT2D eigenvalue weighted by Gasteiger charge is 2.08. The van der Waals surface area contributed by atoms with Crippen molar-refractivity contribution in [1.29, 1.82) is 0 Å². The molecule has 0 fully saturated rings. The highest BCUT2D eigenvalue weighted by molar-refractivity contribution is 5.48. The molecule has 0 aliphatic heterocycles. The standard InChI is InChI=1S/C11H16NO/c1-4-12(10(3)13)11-7-5-6-9(2)8-11/h5,7-8,10,13H,4H2,1-3H3. The third kappa shape index (κ3) is 2.46. The molecule has 0 saturated carbocycles. The summed E-state index contributed by atoms with van der Waals surface area (Å²) >= 11 is 0. The van der Waals surface area contributed by atoms with Crippen LogP contribution >= 0.6 is 0 Å². The zero-order valence-electron chi connectivity index (χ0n) is 8.41. The molecular weight excluding hydrogens is 162 g/mol. The summed E-state index contributed by atoms with van der Waals surface area (Å²) in [6.07, 6.45) is -0.438. The van der Waals surface area contributed by atoms with Crippen LogP contribution in [0, 0.1) is 13.0 Å². The number of aryl methyl sites for hydroxylation is 1. The Hall–Kier alpha value is -1.02. The second-order valence-corrected chi connectivity index (χ2v) is 3.15. The molecule has 0 aliphatic carbocycles.